The summed E-state index contributed by atoms with van der Waals surface area (Å²) in [4.78, 5) is 2.53. The number of hydrogen-bond donors (Lipinski definition) is 0. The molecule has 1 saturated heterocycles. The Labute approximate surface area is 86.6 Å². The van der Waals surface area contributed by atoms with Gasteiger partial charge in [0.05, 0.1) is 0 Å². The maximum atomic E-state index is 4.07. The fraction of sp³-hybridized carbons (Fsp3) is 0.818. The molecule has 0 radical (unpaired) electrons. The average Bonchev–Trinajstić information content (AvgIpc) is 2.02. The van der Waals surface area contributed by atoms with Crippen molar-refractivity contribution in [2.75, 3.05) is 25.4 Å². The number of hydrogen-bond acceptors (Lipinski definition) is 2. The minimum atomic E-state index is 0.437. The van der Waals surface area contributed by atoms with Crippen LogP contribution in [0.25, 0.3) is 0 Å². The van der Waals surface area contributed by atoms with Crippen LogP contribution in [0.3, 0.4) is 0 Å². The summed E-state index contributed by atoms with van der Waals surface area (Å²) in [5, 5.41) is 0. The first-order valence-corrected chi connectivity index (χ1v) is 6.05. The van der Waals surface area contributed by atoms with Crippen molar-refractivity contribution in [3.8, 4) is 0 Å². The molecule has 0 spiro atoms. The fourth-order valence-corrected chi connectivity index (χ4v) is 2.85. The lowest BCUT2D eigenvalue weighted by Gasteiger charge is -2.37. The molecule has 1 aliphatic heterocycles. The molecule has 0 unspecified atom stereocenters. The van der Waals surface area contributed by atoms with Gasteiger partial charge in [-0.2, -0.15) is 11.8 Å². The minimum Gasteiger partial charge on any atom is -0.297 e. The molecule has 0 atom stereocenters. The Morgan fingerprint density at radius 2 is 2.23 bits per heavy atom. The van der Waals surface area contributed by atoms with Crippen LogP contribution in [0.4, 0.5) is 0 Å². The molecule has 1 nitrogen and oxygen atoms in total. The van der Waals surface area contributed by atoms with E-state index in [0.717, 1.165) is 13.0 Å². The van der Waals surface area contributed by atoms with Crippen molar-refractivity contribution in [3.05, 3.63) is 12.2 Å². The third-order valence-corrected chi connectivity index (χ3v) is 3.75. The molecular formula is C11H21NS. The van der Waals surface area contributed by atoms with E-state index in [-0.39, 0.29) is 0 Å². The van der Waals surface area contributed by atoms with Gasteiger partial charge in [-0.3, -0.25) is 4.90 Å². The van der Waals surface area contributed by atoms with Crippen LogP contribution >= 0.6 is 11.8 Å². The Morgan fingerprint density at radius 1 is 1.54 bits per heavy atom. The summed E-state index contributed by atoms with van der Waals surface area (Å²) >= 11 is 2.09. The van der Waals surface area contributed by atoms with Gasteiger partial charge in [0.2, 0.25) is 0 Å². The monoisotopic (exact) mass is 199 g/mol. The number of rotatable bonds is 3. The number of nitrogens with zero attached hydrogens (tertiary/aromatic N) is 1. The summed E-state index contributed by atoms with van der Waals surface area (Å²) in [6.07, 6.45) is 1.12. The highest BCUT2D eigenvalue weighted by molar-refractivity contribution is 8.00. The Hall–Kier alpha value is 0.0500. The van der Waals surface area contributed by atoms with E-state index < -0.39 is 0 Å². The Morgan fingerprint density at radius 3 is 2.77 bits per heavy atom. The van der Waals surface area contributed by atoms with E-state index in [9.17, 15) is 0 Å². The molecular weight excluding hydrogens is 178 g/mol. The first-order chi connectivity index (χ1) is 6.03. The van der Waals surface area contributed by atoms with Gasteiger partial charge < -0.3 is 0 Å². The highest BCUT2D eigenvalue weighted by Gasteiger charge is 2.26. The molecule has 76 valence electrons. The molecule has 1 heterocycles. The van der Waals surface area contributed by atoms with Gasteiger partial charge >= 0.3 is 0 Å². The molecule has 0 bridgehead atoms. The third-order valence-electron chi connectivity index (χ3n) is 2.45. The molecule has 2 heteroatoms. The molecule has 0 amide bonds. The molecule has 0 aromatic rings. The molecule has 1 aliphatic rings. The molecule has 0 aromatic heterocycles. The van der Waals surface area contributed by atoms with Crippen LogP contribution in [-0.4, -0.2) is 35.0 Å². The molecule has 0 saturated carbocycles. The maximum Gasteiger partial charge on any atom is 0.0231 e. The van der Waals surface area contributed by atoms with Gasteiger partial charge in [-0.05, 0) is 20.3 Å². The lowest BCUT2D eigenvalue weighted by molar-refractivity contribution is 0.279. The second-order valence-corrected chi connectivity index (χ2v) is 6.22. The summed E-state index contributed by atoms with van der Waals surface area (Å²) in [5.74, 6) is 1.27. The Balaban J connectivity index is 2.39. The summed E-state index contributed by atoms with van der Waals surface area (Å²) in [6, 6.07) is 0. The standard InChI is InChI=1S/C11H21NS/c1-5-10(2)8-12-6-7-13-11(3,4)9-12/h2,5-9H2,1,3-4H3. The van der Waals surface area contributed by atoms with Gasteiger partial charge in [0.15, 0.2) is 0 Å². The Kier molecular flexibility index (Phi) is 3.87. The second-order valence-electron chi connectivity index (χ2n) is 4.42. The first-order valence-electron chi connectivity index (χ1n) is 5.06. The van der Waals surface area contributed by atoms with Crippen molar-refractivity contribution >= 4 is 11.8 Å². The van der Waals surface area contributed by atoms with Crippen molar-refractivity contribution in [1.29, 1.82) is 0 Å². The molecule has 13 heavy (non-hydrogen) atoms. The highest BCUT2D eigenvalue weighted by Crippen LogP contribution is 2.29. The summed E-state index contributed by atoms with van der Waals surface area (Å²) in [6.45, 7) is 14.4. The average molecular weight is 199 g/mol. The molecule has 0 aromatic carbocycles. The minimum absolute atomic E-state index is 0.437. The van der Waals surface area contributed by atoms with Crippen molar-refractivity contribution in [2.45, 2.75) is 31.9 Å². The van der Waals surface area contributed by atoms with Crippen molar-refractivity contribution < 1.29 is 0 Å². The van der Waals surface area contributed by atoms with Gasteiger partial charge in [-0.25, -0.2) is 0 Å². The smallest absolute Gasteiger partial charge is 0.0231 e. The predicted molar refractivity (Wildman–Crippen MR) is 62.4 cm³/mol. The van der Waals surface area contributed by atoms with Crippen LogP contribution in [0.1, 0.15) is 27.2 Å². The lowest BCUT2D eigenvalue weighted by Crippen LogP contribution is -2.43. The number of thioether (sulfide) groups is 1. The zero-order valence-electron chi connectivity index (χ0n) is 9.10. The van der Waals surface area contributed by atoms with E-state index in [1.807, 2.05) is 0 Å². The topological polar surface area (TPSA) is 3.24 Å². The molecule has 1 fully saturated rings. The van der Waals surface area contributed by atoms with Gasteiger partial charge in [-0.15, -0.1) is 0 Å². The van der Waals surface area contributed by atoms with Crippen LogP contribution in [0.5, 0.6) is 0 Å². The van der Waals surface area contributed by atoms with Crippen LogP contribution in [-0.2, 0) is 0 Å². The maximum absolute atomic E-state index is 4.07. The van der Waals surface area contributed by atoms with E-state index in [1.54, 1.807) is 0 Å². The van der Waals surface area contributed by atoms with Crippen LogP contribution in [0.2, 0.25) is 0 Å². The van der Waals surface area contributed by atoms with Crippen molar-refractivity contribution in [2.24, 2.45) is 0 Å². The van der Waals surface area contributed by atoms with E-state index >= 15 is 0 Å². The van der Waals surface area contributed by atoms with E-state index in [2.05, 4.69) is 44.0 Å². The summed E-state index contributed by atoms with van der Waals surface area (Å²) in [7, 11) is 0. The fourth-order valence-electron chi connectivity index (χ4n) is 1.68. The normalized spacial score (nSPS) is 23.0. The molecule has 1 rings (SSSR count). The van der Waals surface area contributed by atoms with Crippen LogP contribution < -0.4 is 0 Å². The zero-order valence-corrected chi connectivity index (χ0v) is 9.91. The molecule has 0 aliphatic carbocycles. The lowest BCUT2D eigenvalue weighted by atomic mass is 10.1. The third kappa shape index (κ3) is 3.74. The van der Waals surface area contributed by atoms with Gasteiger partial charge in [0.1, 0.15) is 0 Å². The van der Waals surface area contributed by atoms with Crippen molar-refractivity contribution in [3.63, 3.8) is 0 Å². The predicted octanol–water partition coefficient (Wildman–Crippen LogP) is 2.78. The summed E-state index contributed by atoms with van der Waals surface area (Å²) < 4.78 is 0.437. The van der Waals surface area contributed by atoms with Crippen LogP contribution in [0.15, 0.2) is 12.2 Å². The molecule has 0 N–H and O–H groups in total. The van der Waals surface area contributed by atoms with Gasteiger partial charge in [0.25, 0.3) is 0 Å². The van der Waals surface area contributed by atoms with Crippen LogP contribution in [0, 0.1) is 0 Å². The SMILES string of the molecule is C=C(CC)CN1CCSC(C)(C)C1. The van der Waals surface area contributed by atoms with E-state index in [0.29, 0.717) is 4.75 Å². The quantitative estimate of drug-likeness (QED) is 0.643. The summed E-state index contributed by atoms with van der Waals surface area (Å²) in [5.41, 5.74) is 1.36. The first kappa shape index (κ1) is 11.1. The van der Waals surface area contributed by atoms with E-state index in [1.165, 1.54) is 24.4 Å². The van der Waals surface area contributed by atoms with Gasteiger partial charge in [-0.1, -0.05) is 19.1 Å². The van der Waals surface area contributed by atoms with Gasteiger partial charge in [0, 0.05) is 30.1 Å². The second kappa shape index (κ2) is 4.52. The van der Waals surface area contributed by atoms with Crippen molar-refractivity contribution in [1.82, 2.24) is 4.90 Å². The zero-order chi connectivity index (χ0) is 9.90. The Bertz CT molecular complexity index is 187. The largest absolute Gasteiger partial charge is 0.297 e. The van der Waals surface area contributed by atoms with E-state index in [4.69, 9.17) is 0 Å². The highest BCUT2D eigenvalue weighted by atomic mass is 32.2.